The molecule has 12 nitrogen and oxygen atoms in total. The molecule has 2 fully saturated rings. The molecule has 47 heavy (non-hydrogen) atoms. The Kier molecular flexibility index (Phi) is 11.3. The largest absolute Gasteiger partial charge is 0.481 e. The third-order valence-corrected chi connectivity index (χ3v) is 10.5. The second-order valence-corrected chi connectivity index (χ2v) is 13.3. The molecule has 0 amide bonds. The molecule has 6 N–H and O–H groups in total. The van der Waals surface area contributed by atoms with Crippen molar-refractivity contribution in [3.63, 3.8) is 0 Å². The van der Waals surface area contributed by atoms with Crippen molar-refractivity contribution in [1.29, 1.82) is 0 Å². The molecule has 1 saturated carbocycles. The number of hydrogen-bond acceptors (Lipinski definition) is 10. The van der Waals surface area contributed by atoms with Crippen molar-refractivity contribution in [2.45, 2.75) is 107 Å². The third kappa shape index (κ3) is 6.95. The monoisotopic (exact) mass is 659 g/mol. The summed E-state index contributed by atoms with van der Waals surface area (Å²) >= 11 is 0. The first kappa shape index (κ1) is 35.3. The van der Waals surface area contributed by atoms with E-state index in [1.165, 1.54) is 32.4 Å². The number of carboxylic acids is 1. The number of carbonyl (C=O) groups is 2. The van der Waals surface area contributed by atoms with E-state index in [0.717, 1.165) is 29.1 Å². The van der Waals surface area contributed by atoms with Crippen LogP contribution < -0.4 is 10.6 Å². The number of hydrogen-bond donors (Lipinski definition) is 6. The minimum Gasteiger partial charge on any atom is -0.481 e. The van der Waals surface area contributed by atoms with Gasteiger partial charge in [-0.2, -0.15) is 0 Å². The van der Waals surface area contributed by atoms with E-state index in [1.54, 1.807) is 12.2 Å². The molecule has 0 radical (unpaired) electrons. The fourth-order valence-electron chi connectivity index (χ4n) is 7.92. The highest BCUT2D eigenvalue weighted by Crippen LogP contribution is 2.42. The van der Waals surface area contributed by atoms with Gasteiger partial charge in [-0.05, 0) is 49.7 Å². The third-order valence-electron chi connectivity index (χ3n) is 10.5. The minimum absolute atomic E-state index is 0.0765. The molecular weight excluding hydrogens is 610 g/mol. The molecule has 0 bridgehead atoms. The van der Waals surface area contributed by atoms with Crippen LogP contribution >= 0.6 is 0 Å². The van der Waals surface area contributed by atoms with Gasteiger partial charge in [0.25, 0.3) is 0 Å². The lowest BCUT2D eigenvalue weighted by atomic mass is 9.74. The summed E-state index contributed by atoms with van der Waals surface area (Å²) in [5.74, 6) is -1.94. The number of aromatic nitrogens is 1. The van der Waals surface area contributed by atoms with Crippen molar-refractivity contribution < 1.29 is 54.1 Å². The zero-order chi connectivity index (χ0) is 33.9. The molecular formula is C35H49NO11. The SMILES string of the molecule is C=CC1C(OC2OC(CO)C3(C=c4cc(C(C)C5CCCCC5)[nH]c4=C(CCCO)O3)C(O)C2O)CC=C(C(=O)OC)C1CC(=O)O. The van der Waals surface area contributed by atoms with E-state index in [0.29, 0.717) is 24.5 Å². The summed E-state index contributed by atoms with van der Waals surface area (Å²) in [7, 11) is 1.22. The van der Waals surface area contributed by atoms with Crippen LogP contribution in [0.5, 0.6) is 0 Å². The molecule has 12 heteroatoms. The molecule has 9 unspecified atom stereocenters. The van der Waals surface area contributed by atoms with Crippen molar-refractivity contribution in [3.8, 4) is 0 Å². The molecule has 1 aromatic rings. The van der Waals surface area contributed by atoms with Gasteiger partial charge in [-0.1, -0.05) is 38.3 Å². The van der Waals surface area contributed by atoms with Gasteiger partial charge in [0, 0.05) is 41.3 Å². The summed E-state index contributed by atoms with van der Waals surface area (Å²) in [6.45, 7) is 5.40. The average Bonchev–Trinajstić information content (AvgIpc) is 3.51. The Balaban J connectivity index is 1.45. The predicted molar refractivity (Wildman–Crippen MR) is 170 cm³/mol. The van der Waals surface area contributed by atoms with Crippen molar-refractivity contribution in [2.24, 2.45) is 17.8 Å². The summed E-state index contributed by atoms with van der Waals surface area (Å²) in [6, 6.07) is 2.04. The number of methoxy groups -OCH3 is 1. The second kappa shape index (κ2) is 15.0. The lowest BCUT2D eigenvalue weighted by Gasteiger charge is -2.51. The number of nitrogens with one attached hydrogen (secondary N) is 1. The number of aliphatic hydroxyl groups excluding tert-OH is 4. The highest BCUT2D eigenvalue weighted by atomic mass is 16.7. The van der Waals surface area contributed by atoms with Gasteiger partial charge in [-0.3, -0.25) is 4.79 Å². The highest BCUT2D eigenvalue weighted by molar-refractivity contribution is 5.90. The Morgan fingerprint density at radius 1 is 1.21 bits per heavy atom. The lowest BCUT2D eigenvalue weighted by molar-refractivity contribution is -0.328. The standard InChI is InChI=1S/C35H49NO11/c1-4-22-24(16-29(39)40)23(33(43)44-3)12-13-26(22)45-34-31(41)32(42)35(28(18-38)46-34)17-21-15-25(19(2)20-9-6-5-7-10-20)36-30(21)27(47-35)11-8-14-37/h4,12,15,17,19-20,22,24,26,28,31-32,34,36-38,41-42H,1,5-11,13-14,16,18H2,2-3H3,(H,39,40). The maximum Gasteiger partial charge on any atom is 0.333 e. The topological polar surface area (TPSA) is 188 Å². The number of aliphatic hydroxyl groups is 4. The van der Waals surface area contributed by atoms with E-state index in [2.05, 4.69) is 18.5 Å². The Morgan fingerprint density at radius 2 is 1.96 bits per heavy atom. The van der Waals surface area contributed by atoms with Gasteiger partial charge in [0.2, 0.25) is 0 Å². The Bertz CT molecular complexity index is 1440. The Hall–Kier alpha value is -3.00. The second-order valence-electron chi connectivity index (χ2n) is 13.3. The van der Waals surface area contributed by atoms with Gasteiger partial charge in [0.15, 0.2) is 11.9 Å². The first-order valence-corrected chi connectivity index (χ1v) is 16.7. The molecule has 9 atom stereocenters. The van der Waals surface area contributed by atoms with E-state index >= 15 is 0 Å². The molecule has 3 heterocycles. The van der Waals surface area contributed by atoms with Gasteiger partial charge in [0.05, 0.1) is 31.6 Å². The van der Waals surface area contributed by atoms with Gasteiger partial charge < -0.3 is 49.5 Å². The summed E-state index contributed by atoms with van der Waals surface area (Å²) in [4.78, 5) is 27.7. The van der Waals surface area contributed by atoms with Crippen molar-refractivity contribution in [2.75, 3.05) is 20.3 Å². The number of carbonyl (C=O) groups excluding carboxylic acids is 1. The first-order valence-electron chi connectivity index (χ1n) is 16.7. The van der Waals surface area contributed by atoms with Gasteiger partial charge in [-0.25, -0.2) is 4.79 Å². The lowest BCUT2D eigenvalue weighted by Crippen LogP contribution is -2.69. The number of aliphatic carboxylic acids is 1. The summed E-state index contributed by atoms with van der Waals surface area (Å²) in [5, 5.41) is 54.5. The normalized spacial score (nSPS) is 33.3. The van der Waals surface area contributed by atoms with E-state index in [-0.39, 0.29) is 30.9 Å². The molecule has 1 saturated heterocycles. The van der Waals surface area contributed by atoms with Crippen LogP contribution in [-0.4, -0.2) is 99.1 Å². The summed E-state index contributed by atoms with van der Waals surface area (Å²) < 4.78 is 23.7. The fraction of sp³-hybridized carbons (Fsp3) is 0.657. The molecule has 5 rings (SSSR count). The van der Waals surface area contributed by atoms with Crippen LogP contribution in [0.4, 0.5) is 0 Å². The van der Waals surface area contributed by atoms with Crippen molar-refractivity contribution >= 4 is 23.8 Å². The summed E-state index contributed by atoms with van der Waals surface area (Å²) in [6.07, 6.45) is 4.67. The number of H-pyrrole nitrogens is 1. The number of aromatic amines is 1. The number of esters is 1. The molecule has 260 valence electrons. The minimum atomic E-state index is -1.67. The number of carboxylic acid groups (broad SMARTS) is 1. The number of fused-ring (bicyclic) bond motifs is 1. The first-order chi connectivity index (χ1) is 22.6. The summed E-state index contributed by atoms with van der Waals surface area (Å²) in [5.41, 5.74) is -0.433. The van der Waals surface area contributed by atoms with E-state index < -0.39 is 66.7 Å². The smallest absolute Gasteiger partial charge is 0.333 e. The number of rotatable bonds is 12. The van der Waals surface area contributed by atoms with E-state index in [4.69, 9.17) is 18.9 Å². The van der Waals surface area contributed by atoms with E-state index in [1.807, 2.05) is 6.07 Å². The van der Waals surface area contributed by atoms with Gasteiger partial charge >= 0.3 is 11.9 Å². The van der Waals surface area contributed by atoms with Gasteiger partial charge in [-0.15, -0.1) is 6.58 Å². The van der Waals surface area contributed by atoms with Crippen LogP contribution in [0.1, 0.15) is 76.3 Å². The zero-order valence-electron chi connectivity index (χ0n) is 27.2. The van der Waals surface area contributed by atoms with Gasteiger partial charge in [0.1, 0.15) is 24.1 Å². The molecule has 1 aromatic heterocycles. The molecule has 2 aliphatic heterocycles. The van der Waals surface area contributed by atoms with Crippen LogP contribution in [0.25, 0.3) is 11.8 Å². The van der Waals surface area contributed by atoms with Crippen LogP contribution in [0.15, 0.2) is 30.4 Å². The fourth-order valence-corrected chi connectivity index (χ4v) is 7.92. The predicted octanol–water partition coefficient (Wildman–Crippen LogP) is 1.35. The highest BCUT2D eigenvalue weighted by Gasteiger charge is 2.58. The van der Waals surface area contributed by atoms with E-state index in [9.17, 15) is 35.1 Å². The Labute approximate surface area is 274 Å². The van der Waals surface area contributed by atoms with Crippen LogP contribution in [0.2, 0.25) is 0 Å². The molecule has 1 spiro atoms. The number of ether oxygens (including phenoxy) is 4. The van der Waals surface area contributed by atoms with Crippen LogP contribution in [-0.2, 0) is 28.5 Å². The Morgan fingerprint density at radius 3 is 2.60 bits per heavy atom. The van der Waals surface area contributed by atoms with Crippen LogP contribution in [0.3, 0.4) is 0 Å². The van der Waals surface area contributed by atoms with Crippen molar-refractivity contribution in [1.82, 2.24) is 4.98 Å². The quantitative estimate of drug-likeness (QED) is 0.140. The maximum atomic E-state index is 12.4. The zero-order valence-corrected chi connectivity index (χ0v) is 27.2. The average molecular weight is 660 g/mol. The maximum absolute atomic E-state index is 12.4. The van der Waals surface area contributed by atoms with Crippen LogP contribution in [0, 0.1) is 17.8 Å². The molecule has 0 aromatic carbocycles. The molecule has 2 aliphatic carbocycles. The molecule has 4 aliphatic rings. The van der Waals surface area contributed by atoms with Crippen molar-refractivity contribution in [3.05, 3.63) is 46.6 Å².